The van der Waals surface area contributed by atoms with E-state index in [1.54, 1.807) is 6.20 Å². The quantitative estimate of drug-likeness (QED) is 0.526. The Labute approximate surface area is 118 Å². The van der Waals surface area contributed by atoms with Crippen molar-refractivity contribution in [3.8, 4) is 22.5 Å². The van der Waals surface area contributed by atoms with Crippen LogP contribution in [0, 0.1) is 0 Å². The van der Waals surface area contributed by atoms with Crippen molar-refractivity contribution in [3.63, 3.8) is 0 Å². The minimum Gasteiger partial charge on any atom is -0.307 e. The molecule has 0 atom stereocenters. The van der Waals surface area contributed by atoms with E-state index in [9.17, 15) is 0 Å². The Morgan fingerprint density at radius 1 is 1.00 bits per heavy atom. The maximum Gasteiger partial charge on any atom is 0.144 e. The van der Waals surface area contributed by atoms with Crippen LogP contribution < -0.4 is 0 Å². The average Bonchev–Trinajstić information content (AvgIpc) is 3.10. The highest BCUT2D eigenvalue weighted by atomic mass is 15.0. The first-order valence-corrected chi connectivity index (χ1v) is 6.74. The predicted octanol–water partition coefficient (Wildman–Crippen LogP) is 4.22. The average molecular weight is 258 g/mol. The fourth-order valence-electron chi connectivity index (χ4n) is 3.04. The summed E-state index contributed by atoms with van der Waals surface area (Å²) >= 11 is 0. The molecule has 4 rings (SSSR count). The van der Waals surface area contributed by atoms with Crippen molar-refractivity contribution in [1.82, 2.24) is 9.55 Å². The molecule has 0 fully saturated rings. The van der Waals surface area contributed by atoms with Crippen LogP contribution in [0.15, 0.2) is 61.4 Å². The molecule has 0 spiro atoms. The highest BCUT2D eigenvalue weighted by Crippen LogP contribution is 2.40. The standard InChI is InChI=1S/C18H14N2/c1-2-20-11-10-19-18(20)16-9-5-8-15-14-7-4-3-6-13(14)12-17(15)16/h2-11H,1,12H2. The van der Waals surface area contributed by atoms with Crippen molar-refractivity contribution in [2.75, 3.05) is 0 Å². The Bertz CT molecular complexity index is 812. The van der Waals surface area contributed by atoms with Crippen LogP contribution in [0.4, 0.5) is 0 Å². The molecule has 0 unspecified atom stereocenters. The molecule has 20 heavy (non-hydrogen) atoms. The lowest BCUT2D eigenvalue weighted by Gasteiger charge is -2.08. The minimum atomic E-state index is 0.963. The first-order valence-electron chi connectivity index (χ1n) is 6.74. The van der Waals surface area contributed by atoms with Gasteiger partial charge in [-0.15, -0.1) is 0 Å². The lowest BCUT2D eigenvalue weighted by Crippen LogP contribution is -1.94. The van der Waals surface area contributed by atoms with Crippen LogP contribution in [0.1, 0.15) is 11.1 Å². The van der Waals surface area contributed by atoms with Gasteiger partial charge >= 0.3 is 0 Å². The Kier molecular flexibility index (Phi) is 2.36. The molecule has 0 saturated carbocycles. The molecule has 0 N–H and O–H groups in total. The second-order valence-corrected chi connectivity index (χ2v) is 5.01. The van der Waals surface area contributed by atoms with Crippen molar-refractivity contribution in [2.24, 2.45) is 0 Å². The number of fused-ring (bicyclic) bond motifs is 3. The van der Waals surface area contributed by atoms with E-state index in [2.05, 4.69) is 54.0 Å². The molecule has 3 aromatic rings. The van der Waals surface area contributed by atoms with Crippen LogP contribution >= 0.6 is 0 Å². The first kappa shape index (κ1) is 11.2. The summed E-state index contributed by atoms with van der Waals surface area (Å²) < 4.78 is 1.97. The number of benzene rings is 2. The normalized spacial score (nSPS) is 12.0. The summed E-state index contributed by atoms with van der Waals surface area (Å²) in [6.45, 7) is 3.85. The van der Waals surface area contributed by atoms with Gasteiger partial charge in [-0.3, -0.25) is 0 Å². The molecule has 2 nitrogen and oxygen atoms in total. The van der Waals surface area contributed by atoms with E-state index in [0.717, 1.165) is 12.2 Å². The Morgan fingerprint density at radius 2 is 1.80 bits per heavy atom. The molecular weight excluding hydrogens is 244 g/mol. The van der Waals surface area contributed by atoms with Gasteiger partial charge in [0, 0.05) is 24.2 Å². The third-order valence-electron chi connectivity index (χ3n) is 3.96. The van der Waals surface area contributed by atoms with E-state index in [1.165, 1.54) is 27.8 Å². The maximum absolute atomic E-state index is 4.49. The molecule has 0 saturated heterocycles. The molecule has 1 heterocycles. The zero-order valence-electron chi connectivity index (χ0n) is 11.1. The van der Waals surface area contributed by atoms with Gasteiger partial charge in [0.05, 0.1) is 0 Å². The smallest absolute Gasteiger partial charge is 0.144 e. The second-order valence-electron chi connectivity index (χ2n) is 5.01. The zero-order valence-corrected chi connectivity index (χ0v) is 11.1. The second kappa shape index (κ2) is 4.20. The Balaban J connectivity index is 1.96. The summed E-state index contributed by atoms with van der Waals surface area (Å²) in [5.74, 6) is 0.963. The fourth-order valence-corrected chi connectivity index (χ4v) is 3.04. The molecule has 1 aliphatic rings. The molecule has 0 amide bonds. The highest BCUT2D eigenvalue weighted by molar-refractivity contribution is 5.83. The van der Waals surface area contributed by atoms with Crippen molar-refractivity contribution in [1.29, 1.82) is 0 Å². The van der Waals surface area contributed by atoms with Crippen LogP contribution in [-0.4, -0.2) is 9.55 Å². The fraction of sp³-hybridized carbons (Fsp3) is 0.0556. The Hall–Kier alpha value is -2.61. The van der Waals surface area contributed by atoms with Gasteiger partial charge in [0.25, 0.3) is 0 Å². The number of aromatic nitrogens is 2. The lowest BCUT2D eigenvalue weighted by molar-refractivity contribution is 1.13. The number of hydrogen-bond donors (Lipinski definition) is 0. The number of nitrogens with zero attached hydrogens (tertiary/aromatic N) is 2. The lowest BCUT2D eigenvalue weighted by atomic mass is 10.0. The van der Waals surface area contributed by atoms with E-state index in [1.807, 2.05) is 17.0 Å². The molecule has 0 aliphatic heterocycles. The molecule has 1 aromatic heterocycles. The summed E-state index contributed by atoms with van der Waals surface area (Å²) in [6.07, 6.45) is 6.53. The number of rotatable bonds is 2. The molecule has 2 heteroatoms. The summed E-state index contributed by atoms with van der Waals surface area (Å²) in [7, 11) is 0. The molecular formula is C18H14N2. The summed E-state index contributed by atoms with van der Waals surface area (Å²) in [6, 6.07) is 15.1. The molecule has 1 aliphatic carbocycles. The number of imidazole rings is 1. The largest absolute Gasteiger partial charge is 0.307 e. The Morgan fingerprint density at radius 3 is 2.70 bits per heavy atom. The molecule has 2 aromatic carbocycles. The van der Waals surface area contributed by atoms with Gasteiger partial charge in [0.1, 0.15) is 5.82 Å². The van der Waals surface area contributed by atoms with Gasteiger partial charge in [-0.25, -0.2) is 4.98 Å². The van der Waals surface area contributed by atoms with E-state index < -0.39 is 0 Å². The van der Waals surface area contributed by atoms with Gasteiger partial charge in [0.2, 0.25) is 0 Å². The van der Waals surface area contributed by atoms with Crippen molar-refractivity contribution < 1.29 is 0 Å². The van der Waals surface area contributed by atoms with Gasteiger partial charge in [-0.05, 0) is 28.7 Å². The van der Waals surface area contributed by atoms with E-state index >= 15 is 0 Å². The third-order valence-corrected chi connectivity index (χ3v) is 3.96. The first-order chi connectivity index (χ1) is 9.88. The van der Waals surface area contributed by atoms with Crippen molar-refractivity contribution in [3.05, 3.63) is 72.6 Å². The van der Waals surface area contributed by atoms with Gasteiger partial charge in [-0.2, -0.15) is 0 Å². The molecule has 0 bridgehead atoms. The van der Waals surface area contributed by atoms with E-state index in [0.29, 0.717) is 0 Å². The van der Waals surface area contributed by atoms with Crippen LogP contribution in [0.5, 0.6) is 0 Å². The third kappa shape index (κ3) is 1.48. The molecule has 0 radical (unpaired) electrons. The number of hydrogen-bond acceptors (Lipinski definition) is 1. The van der Waals surface area contributed by atoms with Crippen molar-refractivity contribution in [2.45, 2.75) is 6.42 Å². The topological polar surface area (TPSA) is 17.8 Å². The maximum atomic E-state index is 4.49. The van der Waals surface area contributed by atoms with Gasteiger partial charge in [0.15, 0.2) is 0 Å². The van der Waals surface area contributed by atoms with Gasteiger partial charge in [-0.1, -0.05) is 49.0 Å². The van der Waals surface area contributed by atoms with E-state index in [-0.39, 0.29) is 0 Å². The van der Waals surface area contributed by atoms with Gasteiger partial charge < -0.3 is 4.57 Å². The highest BCUT2D eigenvalue weighted by Gasteiger charge is 2.22. The zero-order chi connectivity index (χ0) is 13.5. The van der Waals surface area contributed by atoms with E-state index in [4.69, 9.17) is 0 Å². The van der Waals surface area contributed by atoms with Crippen LogP contribution in [0.3, 0.4) is 0 Å². The van der Waals surface area contributed by atoms with Crippen LogP contribution in [0.25, 0.3) is 28.7 Å². The summed E-state index contributed by atoms with van der Waals surface area (Å²) in [5, 5.41) is 0. The summed E-state index contributed by atoms with van der Waals surface area (Å²) in [4.78, 5) is 4.49. The predicted molar refractivity (Wildman–Crippen MR) is 82.3 cm³/mol. The molecule has 96 valence electrons. The van der Waals surface area contributed by atoms with Crippen LogP contribution in [-0.2, 0) is 6.42 Å². The minimum absolute atomic E-state index is 0.963. The van der Waals surface area contributed by atoms with Crippen molar-refractivity contribution >= 4 is 6.20 Å². The summed E-state index contributed by atoms with van der Waals surface area (Å²) in [5.41, 5.74) is 6.64. The van der Waals surface area contributed by atoms with Crippen LogP contribution in [0.2, 0.25) is 0 Å². The SMILES string of the molecule is C=Cn1ccnc1-c1cccc2c1Cc1ccccc1-2. The monoisotopic (exact) mass is 258 g/mol.